The fourth-order valence-electron chi connectivity index (χ4n) is 1.29. The Morgan fingerprint density at radius 3 is 2.47 bits per heavy atom. The molecule has 1 unspecified atom stereocenters. The average molecular weight is 256 g/mol. The maximum absolute atomic E-state index is 11.5. The van der Waals surface area contributed by atoms with E-state index in [0.717, 1.165) is 31.4 Å². The van der Waals surface area contributed by atoms with E-state index in [2.05, 4.69) is 0 Å². The van der Waals surface area contributed by atoms with Crippen LogP contribution in [0.25, 0.3) is 0 Å². The molecule has 0 heterocycles. The Balaban J connectivity index is 3.93. The molecule has 4 nitrogen and oxygen atoms in total. The molecule has 0 aromatic carbocycles. The van der Waals surface area contributed by atoms with Crippen LogP contribution >= 0.6 is 0 Å². The van der Waals surface area contributed by atoms with Gasteiger partial charge in [-0.3, -0.25) is 9.00 Å². The van der Waals surface area contributed by atoms with Crippen LogP contribution in [-0.4, -0.2) is 41.1 Å². The summed E-state index contributed by atoms with van der Waals surface area (Å²) in [6, 6.07) is 1.91. The van der Waals surface area contributed by atoms with Crippen molar-refractivity contribution in [1.29, 1.82) is 5.26 Å². The van der Waals surface area contributed by atoms with Crippen LogP contribution in [0.5, 0.6) is 0 Å². The largest absolute Gasteiger partial charge is 0.344 e. The van der Waals surface area contributed by atoms with Crippen LogP contribution in [0.15, 0.2) is 11.6 Å². The fourth-order valence-corrected chi connectivity index (χ4v) is 1.91. The van der Waals surface area contributed by atoms with Gasteiger partial charge in [0, 0.05) is 36.9 Å². The van der Waals surface area contributed by atoms with Crippen molar-refractivity contribution in [1.82, 2.24) is 4.90 Å². The highest BCUT2D eigenvalue weighted by atomic mass is 32.2. The molecule has 96 valence electrons. The average Bonchev–Trinajstić information content (AvgIpc) is 2.27. The molecule has 0 rings (SSSR count). The molecule has 0 aromatic rings. The number of likely N-dealkylation sites (N-methyl/N-ethyl adjacent to an activating group) is 1. The van der Waals surface area contributed by atoms with Crippen LogP contribution in [0.1, 0.15) is 25.7 Å². The lowest BCUT2D eigenvalue weighted by molar-refractivity contribution is -0.124. The predicted octanol–water partition coefficient (Wildman–Crippen LogP) is 1.46. The molecule has 1 amide bonds. The van der Waals surface area contributed by atoms with Gasteiger partial charge in [0.2, 0.25) is 0 Å². The van der Waals surface area contributed by atoms with Crippen molar-refractivity contribution in [3.8, 4) is 6.07 Å². The Labute approximate surface area is 106 Å². The number of hydrogen-bond acceptors (Lipinski definition) is 3. The van der Waals surface area contributed by atoms with E-state index in [1.165, 1.54) is 4.90 Å². The normalized spacial score (nSPS) is 12.9. The van der Waals surface area contributed by atoms with Crippen molar-refractivity contribution in [2.24, 2.45) is 0 Å². The predicted molar refractivity (Wildman–Crippen MR) is 69.8 cm³/mol. The highest BCUT2D eigenvalue weighted by molar-refractivity contribution is 7.84. The van der Waals surface area contributed by atoms with Gasteiger partial charge in [0.15, 0.2) is 0 Å². The number of unbranched alkanes of at least 4 members (excludes halogenated alkanes) is 3. The van der Waals surface area contributed by atoms with Gasteiger partial charge in [0.1, 0.15) is 11.6 Å². The number of nitrogens with zero attached hydrogens (tertiary/aromatic N) is 2. The molecule has 1 atom stereocenters. The standard InChI is InChI=1S/C12H20N2O2S/c1-14(2)12(15)11(10-13)8-6-4-5-7-9-17(3)16/h8H,4-7,9H2,1-3H3/b11-8+. The minimum atomic E-state index is -0.723. The van der Waals surface area contributed by atoms with E-state index in [4.69, 9.17) is 5.26 Å². The van der Waals surface area contributed by atoms with Crippen LogP contribution in [0.2, 0.25) is 0 Å². The molecule has 0 N–H and O–H groups in total. The minimum absolute atomic E-state index is 0.203. The zero-order valence-electron chi connectivity index (χ0n) is 10.7. The van der Waals surface area contributed by atoms with Crippen LogP contribution in [0, 0.1) is 11.3 Å². The first-order chi connectivity index (χ1) is 7.99. The summed E-state index contributed by atoms with van der Waals surface area (Å²) in [6.07, 6.45) is 6.93. The summed E-state index contributed by atoms with van der Waals surface area (Å²) in [5.74, 6) is 0.480. The molecular weight excluding hydrogens is 236 g/mol. The molecule has 0 fully saturated rings. The van der Waals surface area contributed by atoms with Crippen molar-refractivity contribution < 1.29 is 9.00 Å². The van der Waals surface area contributed by atoms with E-state index in [-0.39, 0.29) is 11.5 Å². The molecule has 0 aliphatic heterocycles. The van der Waals surface area contributed by atoms with Crippen molar-refractivity contribution in [2.45, 2.75) is 25.7 Å². The van der Waals surface area contributed by atoms with Crippen LogP contribution in [-0.2, 0) is 15.6 Å². The highest BCUT2D eigenvalue weighted by Crippen LogP contribution is 2.05. The third kappa shape index (κ3) is 7.70. The van der Waals surface area contributed by atoms with E-state index in [9.17, 15) is 9.00 Å². The number of amides is 1. The zero-order chi connectivity index (χ0) is 13.3. The number of hydrogen-bond donors (Lipinski definition) is 0. The number of carbonyl (C=O) groups is 1. The summed E-state index contributed by atoms with van der Waals surface area (Å²) in [6.45, 7) is 0. The highest BCUT2D eigenvalue weighted by Gasteiger charge is 2.09. The minimum Gasteiger partial charge on any atom is -0.344 e. The van der Waals surface area contributed by atoms with Gasteiger partial charge in [-0.05, 0) is 19.3 Å². The summed E-state index contributed by atoms with van der Waals surface area (Å²) in [5, 5.41) is 8.81. The molecule has 17 heavy (non-hydrogen) atoms. The van der Waals surface area contributed by atoms with Gasteiger partial charge >= 0.3 is 0 Å². The maximum Gasteiger partial charge on any atom is 0.263 e. The first-order valence-corrected chi connectivity index (χ1v) is 7.33. The summed E-state index contributed by atoms with van der Waals surface area (Å²) in [4.78, 5) is 12.9. The van der Waals surface area contributed by atoms with Crippen LogP contribution in [0.4, 0.5) is 0 Å². The summed E-state index contributed by atoms with van der Waals surface area (Å²) in [7, 11) is 2.53. The van der Waals surface area contributed by atoms with Gasteiger partial charge in [0.25, 0.3) is 5.91 Å². The molecule has 0 spiro atoms. The van der Waals surface area contributed by atoms with Crippen molar-refractivity contribution >= 4 is 16.7 Å². The topological polar surface area (TPSA) is 61.2 Å². The van der Waals surface area contributed by atoms with Gasteiger partial charge in [-0.2, -0.15) is 5.26 Å². The number of rotatable bonds is 7. The van der Waals surface area contributed by atoms with Crippen molar-refractivity contribution in [3.05, 3.63) is 11.6 Å². The number of carbonyl (C=O) groups excluding carboxylic acids is 1. The van der Waals surface area contributed by atoms with E-state index >= 15 is 0 Å². The smallest absolute Gasteiger partial charge is 0.263 e. The lowest BCUT2D eigenvalue weighted by Crippen LogP contribution is -2.22. The molecule has 0 aromatic heterocycles. The molecule has 0 radical (unpaired) electrons. The van der Waals surface area contributed by atoms with Crippen molar-refractivity contribution in [2.75, 3.05) is 26.1 Å². The van der Waals surface area contributed by atoms with E-state index in [1.54, 1.807) is 26.4 Å². The van der Waals surface area contributed by atoms with Gasteiger partial charge in [0.05, 0.1) is 0 Å². The van der Waals surface area contributed by atoms with Gasteiger partial charge in [-0.1, -0.05) is 12.5 Å². The second kappa shape index (κ2) is 8.94. The second-order valence-electron chi connectivity index (χ2n) is 4.06. The quantitative estimate of drug-likeness (QED) is 0.393. The second-order valence-corrected chi connectivity index (χ2v) is 5.61. The number of nitriles is 1. The van der Waals surface area contributed by atoms with Crippen molar-refractivity contribution in [3.63, 3.8) is 0 Å². The van der Waals surface area contributed by atoms with E-state index in [1.807, 2.05) is 6.07 Å². The Morgan fingerprint density at radius 1 is 1.35 bits per heavy atom. The van der Waals surface area contributed by atoms with Gasteiger partial charge < -0.3 is 4.90 Å². The third-order valence-corrected chi connectivity index (χ3v) is 3.11. The van der Waals surface area contributed by atoms with E-state index in [0.29, 0.717) is 0 Å². The van der Waals surface area contributed by atoms with Gasteiger partial charge in [-0.15, -0.1) is 0 Å². The molecule has 0 saturated carbocycles. The summed E-state index contributed by atoms with van der Waals surface area (Å²) in [5.41, 5.74) is 0.203. The molecule has 0 bridgehead atoms. The Hall–Kier alpha value is -1.15. The SMILES string of the molecule is CN(C)C(=O)/C(C#N)=C/CCCCCS(C)=O. The summed E-state index contributed by atoms with van der Waals surface area (Å²) < 4.78 is 10.8. The first-order valence-electron chi connectivity index (χ1n) is 5.61. The zero-order valence-corrected chi connectivity index (χ0v) is 11.5. The number of allylic oxidation sites excluding steroid dienone is 1. The third-order valence-electron chi connectivity index (χ3n) is 2.24. The summed E-state index contributed by atoms with van der Waals surface area (Å²) >= 11 is 0. The first kappa shape index (κ1) is 15.9. The maximum atomic E-state index is 11.5. The fraction of sp³-hybridized carbons (Fsp3) is 0.667. The monoisotopic (exact) mass is 256 g/mol. The van der Waals surface area contributed by atoms with Crippen LogP contribution in [0.3, 0.4) is 0 Å². The molecule has 5 heteroatoms. The Bertz CT molecular complexity index is 343. The van der Waals surface area contributed by atoms with Gasteiger partial charge in [-0.25, -0.2) is 0 Å². The lowest BCUT2D eigenvalue weighted by Gasteiger charge is -2.08. The molecule has 0 aliphatic rings. The lowest BCUT2D eigenvalue weighted by atomic mass is 10.1. The molecular formula is C12H20N2O2S. The Morgan fingerprint density at radius 2 is 2.00 bits per heavy atom. The molecule has 0 saturated heterocycles. The Kier molecular flexibility index (Phi) is 8.34. The van der Waals surface area contributed by atoms with Crippen LogP contribution < -0.4 is 0 Å². The molecule has 0 aliphatic carbocycles. The van der Waals surface area contributed by atoms with E-state index < -0.39 is 10.8 Å².